The number of aryl methyl sites for hydroxylation is 1. The first kappa shape index (κ1) is 18.9. The molecule has 0 bridgehead atoms. The highest BCUT2D eigenvalue weighted by Crippen LogP contribution is 2.23. The predicted molar refractivity (Wildman–Crippen MR) is 88.9 cm³/mol. The average Bonchev–Trinajstić information content (AvgIpc) is 2.81. The molecule has 1 aromatic rings. The molecule has 1 aliphatic carbocycles. The van der Waals surface area contributed by atoms with E-state index in [1.165, 1.54) is 25.0 Å². The van der Waals surface area contributed by atoms with E-state index in [-0.39, 0.29) is 42.2 Å². The van der Waals surface area contributed by atoms with Gasteiger partial charge in [-0.15, -0.1) is 0 Å². The molecule has 0 aliphatic heterocycles. The predicted octanol–water partition coefficient (Wildman–Crippen LogP) is 1.65. The Bertz CT molecular complexity index is 670. The lowest BCUT2D eigenvalue weighted by Gasteiger charge is -2.29. The number of carbonyl (C=O) groups excluding carboxylic acids is 2. The third-order valence-corrected chi connectivity index (χ3v) is 4.63. The number of hydrogen-bond acceptors (Lipinski definition) is 6. The van der Waals surface area contributed by atoms with E-state index in [1.54, 1.807) is 0 Å². The molecule has 0 aromatic carbocycles. The summed E-state index contributed by atoms with van der Waals surface area (Å²) in [6, 6.07) is 0.124. The van der Waals surface area contributed by atoms with Crippen LogP contribution in [0.5, 0.6) is 0 Å². The van der Waals surface area contributed by atoms with Crippen LogP contribution in [0.2, 0.25) is 0 Å². The zero-order valence-electron chi connectivity index (χ0n) is 14.8. The zero-order chi connectivity index (χ0) is 18.6. The number of esters is 1. The van der Waals surface area contributed by atoms with Gasteiger partial charge in [0.15, 0.2) is 6.61 Å². The molecule has 1 N–H and O–H groups in total. The summed E-state index contributed by atoms with van der Waals surface area (Å²) in [6.07, 6.45) is 4.29. The summed E-state index contributed by atoms with van der Waals surface area (Å²) in [5.41, 5.74) is 0.399. The number of hydrogen-bond donors (Lipinski definition) is 1. The lowest BCUT2D eigenvalue weighted by molar-refractivity contribution is -0.386. The molecule has 0 saturated heterocycles. The summed E-state index contributed by atoms with van der Waals surface area (Å²) in [7, 11) is 0. The molecule has 138 valence electrons. The van der Waals surface area contributed by atoms with Crippen LogP contribution in [-0.2, 0) is 20.9 Å². The topological polar surface area (TPSA) is 116 Å². The van der Waals surface area contributed by atoms with Crippen LogP contribution in [0.15, 0.2) is 0 Å². The van der Waals surface area contributed by atoms with Gasteiger partial charge < -0.3 is 10.1 Å². The van der Waals surface area contributed by atoms with E-state index in [9.17, 15) is 19.7 Å². The maximum absolute atomic E-state index is 11.9. The highest BCUT2D eigenvalue weighted by molar-refractivity contribution is 5.80. The first-order chi connectivity index (χ1) is 11.8. The van der Waals surface area contributed by atoms with E-state index in [4.69, 9.17) is 4.74 Å². The number of carbonyl (C=O) groups is 2. The number of ether oxygens (including phenoxy) is 1. The van der Waals surface area contributed by atoms with Crippen molar-refractivity contribution in [2.45, 2.75) is 59.0 Å². The van der Waals surface area contributed by atoms with E-state index in [1.807, 2.05) is 0 Å². The second-order valence-corrected chi connectivity index (χ2v) is 6.53. The summed E-state index contributed by atoms with van der Waals surface area (Å²) in [5, 5.41) is 17.8. The Morgan fingerprint density at radius 1 is 1.36 bits per heavy atom. The van der Waals surface area contributed by atoms with Crippen LogP contribution in [-0.4, -0.2) is 39.2 Å². The number of nitrogens with zero attached hydrogens (tertiary/aromatic N) is 3. The third-order valence-electron chi connectivity index (χ3n) is 4.63. The van der Waals surface area contributed by atoms with E-state index < -0.39 is 10.9 Å². The van der Waals surface area contributed by atoms with Crippen molar-refractivity contribution >= 4 is 17.6 Å². The molecule has 1 aliphatic rings. The summed E-state index contributed by atoms with van der Waals surface area (Å²) in [4.78, 5) is 34.2. The summed E-state index contributed by atoms with van der Waals surface area (Å²) in [5.74, 6) is -0.567. The van der Waals surface area contributed by atoms with Crippen LogP contribution in [0.4, 0.5) is 5.69 Å². The molecule has 9 nitrogen and oxygen atoms in total. The summed E-state index contributed by atoms with van der Waals surface area (Å²) in [6.45, 7) is 4.50. The van der Waals surface area contributed by atoms with Crippen LogP contribution in [0, 0.1) is 29.9 Å². The van der Waals surface area contributed by atoms with Crippen LogP contribution in [0.3, 0.4) is 0 Å². The van der Waals surface area contributed by atoms with Gasteiger partial charge in [0.1, 0.15) is 17.9 Å². The molecule has 9 heteroatoms. The van der Waals surface area contributed by atoms with Gasteiger partial charge in [-0.2, -0.15) is 5.10 Å². The van der Waals surface area contributed by atoms with Crippen molar-refractivity contribution in [3.8, 4) is 0 Å². The van der Waals surface area contributed by atoms with Crippen LogP contribution < -0.4 is 5.32 Å². The van der Waals surface area contributed by atoms with Crippen molar-refractivity contribution in [2.75, 3.05) is 6.61 Å². The maximum atomic E-state index is 11.9. The molecule has 25 heavy (non-hydrogen) atoms. The molecule has 1 aromatic heterocycles. The van der Waals surface area contributed by atoms with Crippen molar-refractivity contribution < 1.29 is 19.2 Å². The number of nitrogens with one attached hydrogen (secondary N) is 1. The molecular formula is C16H24N4O5. The molecule has 1 fully saturated rings. The highest BCUT2D eigenvalue weighted by atomic mass is 16.6. The Morgan fingerprint density at radius 3 is 2.64 bits per heavy atom. The van der Waals surface area contributed by atoms with E-state index in [0.29, 0.717) is 5.92 Å². The standard InChI is InChI=1S/C16H24N4O5/c1-10-6-4-5-7-13(10)17-14(21)9-25-15(22)8-19-12(3)16(20(23)24)11(2)18-19/h10,13H,4-9H2,1-3H3,(H,17,21)/t10-,13-/m1/s1. The van der Waals surface area contributed by atoms with Gasteiger partial charge in [-0.3, -0.25) is 24.4 Å². The number of aromatic nitrogens is 2. The molecule has 1 saturated carbocycles. The lowest BCUT2D eigenvalue weighted by atomic mass is 9.86. The Balaban J connectivity index is 1.83. The van der Waals surface area contributed by atoms with E-state index >= 15 is 0 Å². The monoisotopic (exact) mass is 352 g/mol. The second kappa shape index (κ2) is 8.09. The smallest absolute Gasteiger partial charge is 0.328 e. The third kappa shape index (κ3) is 4.77. The van der Waals surface area contributed by atoms with Crippen molar-refractivity contribution in [3.05, 3.63) is 21.5 Å². The molecular weight excluding hydrogens is 328 g/mol. The molecule has 2 rings (SSSR count). The van der Waals surface area contributed by atoms with Gasteiger partial charge in [0.05, 0.1) is 4.92 Å². The van der Waals surface area contributed by atoms with Crippen molar-refractivity contribution in [2.24, 2.45) is 5.92 Å². The van der Waals surface area contributed by atoms with Crippen LogP contribution >= 0.6 is 0 Å². The highest BCUT2D eigenvalue weighted by Gasteiger charge is 2.25. The van der Waals surface area contributed by atoms with Gasteiger partial charge >= 0.3 is 11.7 Å². The maximum Gasteiger partial charge on any atom is 0.328 e. The first-order valence-electron chi connectivity index (χ1n) is 8.43. The van der Waals surface area contributed by atoms with Gasteiger partial charge in [-0.1, -0.05) is 19.8 Å². The molecule has 0 spiro atoms. The Labute approximate surface area is 145 Å². The zero-order valence-corrected chi connectivity index (χ0v) is 14.8. The van der Waals surface area contributed by atoms with Crippen LogP contribution in [0.25, 0.3) is 0 Å². The second-order valence-electron chi connectivity index (χ2n) is 6.53. The van der Waals surface area contributed by atoms with E-state index in [2.05, 4.69) is 17.3 Å². The first-order valence-corrected chi connectivity index (χ1v) is 8.43. The van der Waals surface area contributed by atoms with Crippen molar-refractivity contribution in [3.63, 3.8) is 0 Å². The van der Waals surface area contributed by atoms with Gasteiger partial charge in [-0.05, 0) is 32.6 Å². The van der Waals surface area contributed by atoms with E-state index in [0.717, 1.165) is 19.3 Å². The minimum Gasteiger partial charge on any atom is -0.454 e. The molecule has 1 heterocycles. The number of nitro groups is 1. The quantitative estimate of drug-likeness (QED) is 0.473. The molecule has 0 radical (unpaired) electrons. The fraction of sp³-hybridized carbons (Fsp3) is 0.688. The Morgan fingerprint density at radius 2 is 2.04 bits per heavy atom. The van der Waals surface area contributed by atoms with Gasteiger partial charge in [0.25, 0.3) is 5.91 Å². The minimum atomic E-state index is -0.660. The van der Waals surface area contributed by atoms with Gasteiger partial charge in [-0.25, -0.2) is 0 Å². The Hall–Kier alpha value is -2.45. The minimum absolute atomic E-state index is 0.114. The molecule has 1 amide bonds. The van der Waals surface area contributed by atoms with Crippen molar-refractivity contribution in [1.29, 1.82) is 0 Å². The fourth-order valence-corrected chi connectivity index (χ4v) is 3.20. The number of rotatable bonds is 6. The normalized spacial score (nSPS) is 20.1. The average molecular weight is 352 g/mol. The fourth-order valence-electron chi connectivity index (χ4n) is 3.20. The molecule has 2 atom stereocenters. The Kier molecular flexibility index (Phi) is 6.11. The lowest BCUT2D eigenvalue weighted by Crippen LogP contribution is -2.43. The SMILES string of the molecule is Cc1nn(CC(=O)OCC(=O)N[C@@H]2CCCC[C@H]2C)c(C)c1[N+](=O)[O-]. The summed E-state index contributed by atoms with van der Waals surface area (Å²) >= 11 is 0. The largest absolute Gasteiger partial charge is 0.454 e. The number of amides is 1. The molecule has 0 unspecified atom stereocenters. The summed E-state index contributed by atoms with van der Waals surface area (Å²) < 4.78 is 6.19. The van der Waals surface area contributed by atoms with Gasteiger partial charge in [0.2, 0.25) is 0 Å². The van der Waals surface area contributed by atoms with Crippen molar-refractivity contribution in [1.82, 2.24) is 15.1 Å². The van der Waals surface area contributed by atoms with Crippen LogP contribution in [0.1, 0.15) is 44.0 Å². The van der Waals surface area contributed by atoms with Gasteiger partial charge in [0, 0.05) is 6.04 Å².